The molecule has 4 nitrogen and oxygen atoms in total. The lowest BCUT2D eigenvalue weighted by atomic mass is 10.0. The van der Waals surface area contributed by atoms with Crippen LogP contribution in [-0.4, -0.2) is 7.76 Å². The molecule has 0 bridgehead atoms. The third-order valence-corrected chi connectivity index (χ3v) is 3.52. The molecule has 0 saturated carbocycles. The second kappa shape index (κ2) is 4.69. The van der Waals surface area contributed by atoms with Crippen molar-refractivity contribution in [1.82, 2.24) is 7.76 Å². The molecule has 0 aliphatic heterocycles. The molecule has 0 spiro atoms. The van der Waals surface area contributed by atoms with Gasteiger partial charge in [0.15, 0.2) is 0 Å². The molecule has 1 heterocycles. The van der Waals surface area contributed by atoms with Gasteiger partial charge in [0.05, 0.1) is 34.3 Å². The van der Waals surface area contributed by atoms with E-state index in [1.54, 1.807) is 2.78 Å². The lowest BCUT2D eigenvalue weighted by Crippen LogP contribution is -2.08. The number of allylic oxidation sites excluding steroid dienone is 3. The maximum atomic E-state index is 11.4. The zero-order valence-electron chi connectivity index (χ0n) is 8.97. The molecule has 0 amide bonds. The van der Waals surface area contributed by atoms with Crippen molar-refractivity contribution in [2.24, 2.45) is 5.73 Å². The van der Waals surface area contributed by atoms with Gasteiger partial charge in [0, 0.05) is 11.8 Å². The van der Waals surface area contributed by atoms with Gasteiger partial charge in [-0.3, -0.25) is 0 Å². The van der Waals surface area contributed by atoms with Crippen LogP contribution in [0.1, 0.15) is 25.2 Å². The van der Waals surface area contributed by atoms with Gasteiger partial charge in [-0.25, -0.2) is 7.58 Å². The molecule has 3 N–H and O–H groups in total. The number of nitrogens with one attached hydrogen (secondary N) is 1. The molecule has 0 aliphatic rings. The third kappa shape index (κ3) is 2.17. The Bertz CT molecular complexity index is 479. The van der Waals surface area contributed by atoms with Crippen LogP contribution in [0.2, 0.25) is 0 Å². The van der Waals surface area contributed by atoms with Gasteiger partial charge in [-0.1, -0.05) is 6.08 Å². The van der Waals surface area contributed by atoms with E-state index in [1.807, 2.05) is 49.7 Å². The van der Waals surface area contributed by atoms with Crippen molar-refractivity contribution in [3.63, 3.8) is 0 Å². The van der Waals surface area contributed by atoms with Crippen LogP contribution in [0.25, 0.3) is 5.57 Å². The molecule has 0 radical (unpaired) electrons. The van der Waals surface area contributed by atoms with E-state index < -0.39 is 0 Å². The molecular weight excluding hydrogens is 305 g/mol. The smallest absolute Gasteiger partial charge is 0.335 e. The van der Waals surface area contributed by atoms with Crippen LogP contribution in [0.3, 0.4) is 0 Å². The summed E-state index contributed by atoms with van der Waals surface area (Å²) in [6.07, 6.45) is 3.48. The van der Waals surface area contributed by atoms with Crippen LogP contribution < -0.4 is 11.4 Å². The van der Waals surface area contributed by atoms with Gasteiger partial charge in [-0.15, -0.1) is 0 Å². The number of rotatable bonds is 2. The summed E-state index contributed by atoms with van der Waals surface area (Å²) in [5, 5.41) is 0. The maximum Gasteiger partial charge on any atom is 0.335 e. The largest absolute Gasteiger partial charge is 0.404 e. The molecule has 1 aromatic rings. The fourth-order valence-electron chi connectivity index (χ4n) is 1.33. The van der Waals surface area contributed by atoms with Gasteiger partial charge in [0.25, 0.3) is 0 Å². The molecule has 0 atom stereocenters. The van der Waals surface area contributed by atoms with E-state index in [2.05, 4.69) is 4.98 Å². The summed E-state index contributed by atoms with van der Waals surface area (Å²) in [4.78, 5) is 14.2. The SMILES string of the molecule is C/C=C(C)/C(=C/N)c1[nH]c(=O)n(I)c1C. The highest BCUT2D eigenvalue weighted by atomic mass is 127. The van der Waals surface area contributed by atoms with Crippen LogP contribution in [0.15, 0.2) is 22.6 Å². The van der Waals surface area contributed by atoms with Crippen molar-refractivity contribution in [3.05, 3.63) is 39.7 Å². The molecule has 1 rings (SSSR count). The van der Waals surface area contributed by atoms with Crippen molar-refractivity contribution in [2.45, 2.75) is 20.8 Å². The number of hydrogen-bond acceptors (Lipinski definition) is 2. The van der Waals surface area contributed by atoms with Crippen molar-refractivity contribution in [1.29, 1.82) is 0 Å². The fourth-order valence-corrected chi connectivity index (χ4v) is 1.69. The van der Waals surface area contributed by atoms with Gasteiger partial charge in [0.1, 0.15) is 0 Å². The molecular formula is C10H14IN3O. The summed E-state index contributed by atoms with van der Waals surface area (Å²) in [5.74, 6) is 0. The van der Waals surface area contributed by atoms with E-state index >= 15 is 0 Å². The molecule has 0 aliphatic carbocycles. The molecule has 0 fully saturated rings. The molecule has 15 heavy (non-hydrogen) atoms. The van der Waals surface area contributed by atoms with Crippen molar-refractivity contribution in [3.8, 4) is 0 Å². The summed E-state index contributed by atoms with van der Waals surface area (Å²) in [6.45, 7) is 5.78. The first-order valence-corrected chi connectivity index (χ1v) is 5.52. The van der Waals surface area contributed by atoms with Gasteiger partial charge in [0.2, 0.25) is 0 Å². The van der Waals surface area contributed by atoms with Crippen LogP contribution >= 0.6 is 22.9 Å². The maximum absolute atomic E-state index is 11.4. The minimum Gasteiger partial charge on any atom is -0.404 e. The Morgan fingerprint density at radius 2 is 2.20 bits per heavy atom. The first-order valence-electron chi connectivity index (χ1n) is 4.56. The summed E-state index contributed by atoms with van der Waals surface area (Å²) < 4.78 is 1.54. The number of H-pyrrole nitrogens is 1. The van der Waals surface area contributed by atoms with Crippen LogP contribution in [0.5, 0.6) is 0 Å². The van der Waals surface area contributed by atoms with Crippen molar-refractivity contribution >= 4 is 28.4 Å². The number of imidazole rings is 1. The van der Waals surface area contributed by atoms with E-state index in [0.717, 1.165) is 22.5 Å². The molecule has 5 heteroatoms. The average molecular weight is 319 g/mol. The lowest BCUT2D eigenvalue weighted by Gasteiger charge is -2.05. The topological polar surface area (TPSA) is 63.8 Å². The lowest BCUT2D eigenvalue weighted by molar-refractivity contribution is 1.13. The molecule has 0 aromatic carbocycles. The first-order chi connectivity index (χ1) is 7.02. The molecule has 0 unspecified atom stereocenters. The standard InChI is InChI=1S/C10H14IN3O/c1-4-6(2)8(5-12)9-7(3)14(11)10(15)13-9/h4-5H,12H2,1-3H3,(H,13,15)/b6-4+,8-5-. The van der Waals surface area contributed by atoms with E-state index in [0.29, 0.717) is 0 Å². The highest BCUT2D eigenvalue weighted by molar-refractivity contribution is 14.1. The quantitative estimate of drug-likeness (QED) is 0.646. The Hall–Kier alpha value is -0.980. The summed E-state index contributed by atoms with van der Waals surface area (Å²) in [7, 11) is 0. The van der Waals surface area contributed by atoms with Crippen molar-refractivity contribution in [2.75, 3.05) is 0 Å². The number of hydrogen-bond donors (Lipinski definition) is 2. The number of nitrogens with two attached hydrogens (primary N) is 1. The second-order valence-electron chi connectivity index (χ2n) is 3.22. The number of nitrogens with zero attached hydrogens (tertiary/aromatic N) is 1. The fraction of sp³-hybridized carbons (Fsp3) is 0.300. The Morgan fingerprint density at radius 1 is 1.60 bits per heavy atom. The molecule has 0 saturated heterocycles. The second-order valence-corrected chi connectivity index (χ2v) is 4.19. The number of halogens is 1. The summed E-state index contributed by atoms with van der Waals surface area (Å²) in [6, 6.07) is 0. The Balaban J connectivity index is 3.39. The predicted octanol–water partition coefficient (Wildman–Crippen LogP) is 1.95. The summed E-state index contributed by atoms with van der Waals surface area (Å²) >= 11 is 1.96. The Labute approximate surface area is 102 Å². The number of aromatic amines is 1. The minimum atomic E-state index is -0.133. The average Bonchev–Trinajstić information content (AvgIpc) is 2.47. The Kier molecular flexibility index (Phi) is 3.78. The van der Waals surface area contributed by atoms with Crippen LogP contribution in [-0.2, 0) is 0 Å². The molecule has 82 valence electrons. The van der Waals surface area contributed by atoms with Crippen LogP contribution in [0.4, 0.5) is 0 Å². The van der Waals surface area contributed by atoms with Gasteiger partial charge < -0.3 is 10.7 Å². The van der Waals surface area contributed by atoms with Crippen molar-refractivity contribution < 1.29 is 0 Å². The van der Waals surface area contributed by atoms with Crippen LogP contribution in [0, 0.1) is 6.92 Å². The predicted molar refractivity (Wildman–Crippen MR) is 70.8 cm³/mol. The van der Waals surface area contributed by atoms with E-state index in [1.165, 1.54) is 6.20 Å². The summed E-state index contributed by atoms with van der Waals surface area (Å²) in [5.41, 5.74) is 9.00. The van der Waals surface area contributed by atoms with Gasteiger partial charge in [-0.05, 0) is 26.3 Å². The molecule has 1 aromatic heterocycles. The highest BCUT2D eigenvalue weighted by Gasteiger charge is 2.12. The minimum absolute atomic E-state index is 0.133. The number of aromatic nitrogens is 2. The van der Waals surface area contributed by atoms with E-state index in [-0.39, 0.29) is 5.69 Å². The first kappa shape index (κ1) is 12.1. The van der Waals surface area contributed by atoms with E-state index in [9.17, 15) is 4.79 Å². The van der Waals surface area contributed by atoms with E-state index in [4.69, 9.17) is 5.73 Å². The highest BCUT2D eigenvalue weighted by Crippen LogP contribution is 2.22. The zero-order chi connectivity index (χ0) is 11.6. The van der Waals surface area contributed by atoms with Gasteiger partial charge in [-0.2, -0.15) is 0 Å². The third-order valence-electron chi connectivity index (χ3n) is 2.36. The Morgan fingerprint density at radius 3 is 2.53 bits per heavy atom. The monoisotopic (exact) mass is 319 g/mol. The normalized spacial score (nSPS) is 13.3. The van der Waals surface area contributed by atoms with Gasteiger partial charge >= 0.3 is 5.69 Å². The zero-order valence-corrected chi connectivity index (χ0v) is 11.1.